The number of likely N-dealkylation sites (tertiary alicyclic amines) is 1. The molecule has 3 aromatic rings. The number of carbonyl (C=O) groups is 2. The number of morpholine rings is 1. The Morgan fingerprint density at radius 2 is 1.67 bits per heavy atom. The summed E-state index contributed by atoms with van der Waals surface area (Å²) < 4.78 is 32.0. The Morgan fingerprint density at radius 1 is 1.00 bits per heavy atom. The van der Waals surface area contributed by atoms with Gasteiger partial charge in [0.15, 0.2) is 15.6 Å². The van der Waals surface area contributed by atoms with Crippen LogP contribution in [0, 0.1) is 0 Å². The minimum atomic E-state index is -3.47. The molecule has 2 amide bonds. The Labute approximate surface area is 263 Å². The van der Waals surface area contributed by atoms with Crippen molar-refractivity contribution in [3.05, 3.63) is 53.6 Å². The number of benzene rings is 2. The van der Waals surface area contributed by atoms with Gasteiger partial charge < -0.3 is 15.0 Å². The number of fused-ring (bicyclic) bond motifs is 3. The van der Waals surface area contributed by atoms with Gasteiger partial charge >= 0.3 is 6.03 Å². The predicted octanol–water partition coefficient (Wildman–Crippen LogP) is 4.15. The molecule has 2 saturated heterocycles. The Balaban J connectivity index is 0.00000212. The zero-order valence-corrected chi connectivity index (χ0v) is 26.4. The van der Waals surface area contributed by atoms with Crippen LogP contribution in [0.1, 0.15) is 42.6 Å². The highest BCUT2D eigenvalue weighted by atomic mass is 35.5. The first kappa shape index (κ1) is 32.9. The fraction of sp³-hybridized carbons (Fsp3) is 0.414. The topological polar surface area (TPSA) is 137 Å². The molecule has 14 heteroatoms. The number of aromatic nitrogens is 2. The van der Waals surface area contributed by atoms with E-state index >= 15 is 0 Å². The van der Waals surface area contributed by atoms with Gasteiger partial charge in [-0.25, -0.2) is 18.2 Å². The SMILES string of the molecule is CC(C)N1CCC(S(=O)(=O)c2ccc(-c3n[nH]c4c3C(=O)c3c(NC(=O)NN5CCOCC5)cccc3-4)cc2)CC1.Cl.Cl. The number of urea groups is 1. The second-order valence-corrected chi connectivity index (χ2v) is 13.2. The van der Waals surface area contributed by atoms with E-state index in [1.807, 2.05) is 6.07 Å². The molecule has 2 aromatic carbocycles. The number of ether oxygens (including phenoxy) is 1. The number of hydrogen-bond acceptors (Lipinski definition) is 8. The summed E-state index contributed by atoms with van der Waals surface area (Å²) in [5.41, 5.74) is 6.30. The summed E-state index contributed by atoms with van der Waals surface area (Å²) in [4.78, 5) is 28.9. The van der Waals surface area contributed by atoms with Crippen LogP contribution in [0.2, 0.25) is 0 Å². The molecule has 0 spiro atoms. The van der Waals surface area contributed by atoms with E-state index in [9.17, 15) is 18.0 Å². The van der Waals surface area contributed by atoms with E-state index in [-0.39, 0.29) is 35.5 Å². The van der Waals surface area contributed by atoms with Crippen molar-refractivity contribution in [2.24, 2.45) is 0 Å². The number of halogens is 2. The van der Waals surface area contributed by atoms with Crippen molar-refractivity contribution in [1.29, 1.82) is 0 Å². The maximum atomic E-state index is 13.7. The van der Waals surface area contributed by atoms with Crippen LogP contribution in [0.15, 0.2) is 47.4 Å². The first-order chi connectivity index (χ1) is 19.7. The highest BCUT2D eigenvalue weighted by Crippen LogP contribution is 2.43. The van der Waals surface area contributed by atoms with Gasteiger partial charge in [0.2, 0.25) is 0 Å². The van der Waals surface area contributed by atoms with Crippen LogP contribution >= 0.6 is 24.8 Å². The van der Waals surface area contributed by atoms with Crippen molar-refractivity contribution in [2.75, 3.05) is 44.7 Å². The van der Waals surface area contributed by atoms with Gasteiger partial charge in [-0.2, -0.15) is 5.10 Å². The van der Waals surface area contributed by atoms with Crippen LogP contribution in [0.3, 0.4) is 0 Å². The Bertz CT molecular complexity index is 1580. The van der Waals surface area contributed by atoms with Crippen molar-refractivity contribution >= 4 is 52.2 Å². The number of ketones is 1. The Morgan fingerprint density at radius 3 is 2.33 bits per heavy atom. The summed E-state index contributed by atoms with van der Waals surface area (Å²) in [7, 11) is -3.47. The first-order valence-corrected chi connectivity index (χ1v) is 15.5. The first-order valence-electron chi connectivity index (χ1n) is 14.0. The smallest absolute Gasteiger partial charge is 0.333 e. The molecule has 0 unspecified atom stereocenters. The minimum Gasteiger partial charge on any atom is -0.379 e. The van der Waals surface area contributed by atoms with E-state index in [2.05, 4.69) is 39.7 Å². The molecule has 6 rings (SSSR count). The standard InChI is InChI=1S/C29H34N6O5S.2ClH/c1-18(2)34-12-10-21(11-13-34)41(38,39)20-8-6-19(7-9-20)26-25-27(32-31-26)22-4-3-5-23(24(22)28(25)36)30-29(37)33-35-14-16-40-17-15-35;;/h3-9,18,21H,10-17H2,1-2H3,(H,31,32)(H2,30,33,37);2*1H. The number of aromatic amines is 1. The Hall–Kier alpha value is -3.00. The molecule has 3 aliphatic rings. The number of nitrogens with zero attached hydrogens (tertiary/aromatic N) is 3. The molecule has 0 radical (unpaired) electrons. The summed E-state index contributed by atoms with van der Waals surface area (Å²) in [6, 6.07) is 11.9. The van der Waals surface area contributed by atoms with Crippen LogP contribution < -0.4 is 10.7 Å². The van der Waals surface area contributed by atoms with Gasteiger partial charge in [-0.05, 0) is 58.0 Å². The molecule has 2 fully saturated rings. The van der Waals surface area contributed by atoms with E-state index in [1.165, 1.54) is 0 Å². The molecule has 3 N–H and O–H groups in total. The molecule has 11 nitrogen and oxygen atoms in total. The van der Waals surface area contributed by atoms with Gasteiger partial charge in [0.05, 0.1) is 45.9 Å². The van der Waals surface area contributed by atoms with E-state index in [0.717, 1.165) is 13.1 Å². The van der Waals surface area contributed by atoms with Crippen molar-refractivity contribution in [3.8, 4) is 22.5 Å². The lowest BCUT2D eigenvalue weighted by Crippen LogP contribution is -2.49. The summed E-state index contributed by atoms with van der Waals surface area (Å²) in [5, 5.41) is 11.6. The fourth-order valence-corrected chi connectivity index (χ4v) is 7.60. The van der Waals surface area contributed by atoms with Crippen molar-refractivity contribution in [3.63, 3.8) is 0 Å². The molecule has 232 valence electrons. The van der Waals surface area contributed by atoms with E-state index in [0.29, 0.717) is 84.5 Å². The number of carbonyl (C=O) groups excluding carboxylic acids is 2. The fourth-order valence-electron chi connectivity index (χ4n) is 5.87. The van der Waals surface area contributed by atoms with E-state index in [4.69, 9.17) is 4.74 Å². The number of piperidine rings is 1. The quantitative estimate of drug-likeness (QED) is 0.283. The largest absolute Gasteiger partial charge is 0.379 e. The summed E-state index contributed by atoms with van der Waals surface area (Å²) in [6.45, 7) is 8.03. The zero-order valence-electron chi connectivity index (χ0n) is 24.0. The van der Waals surface area contributed by atoms with Crippen molar-refractivity contribution in [2.45, 2.75) is 42.9 Å². The highest BCUT2D eigenvalue weighted by Gasteiger charge is 2.36. The van der Waals surface area contributed by atoms with Gasteiger partial charge in [0.1, 0.15) is 5.69 Å². The third-order valence-corrected chi connectivity index (χ3v) is 10.5. The van der Waals surface area contributed by atoms with Gasteiger partial charge in [0.25, 0.3) is 0 Å². The molecule has 0 saturated carbocycles. The number of anilines is 1. The molecule has 1 aliphatic carbocycles. The third kappa shape index (κ3) is 6.31. The summed E-state index contributed by atoms with van der Waals surface area (Å²) in [6.07, 6.45) is 1.23. The second kappa shape index (κ2) is 13.3. The lowest BCUT2D eigenvalue weighted by Gasteiger charge is -2.34. The van der Waals surface area contributed by atoms with Crippen LogP contribution in [0.5, 0.6) is 0 Å². The van der Waals surface area contributed by atoms with E-state index < -0.39 is 21.1 Å². The normalized spacial score (nSPS) is 17.5. The highest BCUT2D eigenvalue weighted by molar-refractivity contribution is 7.92. The van der Waals surface area contributed by atoms with Crippen LogP contribution in [-0.4, -0.2) is 91.0 Å². The lowest BCUT2D eigenvalue weighted by atomic mass is 10.0. The number of H-pyrrole nitrogens is 1. The van der Waals surface area contributed by atoms with Crippen molar-refractivity contribution < 1.29 is 22.7 Å². The summed E-state index contributed by atoms with van der Waals surface area (Å²) >= 11 is 0. The van der Waals surface area contributed by atoms with Crippen LogP contribution in [-0.2, 0) is 14.6 Å². The average Bonchev–Trinajstić information content (AvgIpc) is 3.54. The van der Waals surface area contributed by atoms with Crippen LogP contribution in [0.4, 0.5) is 10.5 Å². The number of hydrogen-bond donors (Lipinski definition) is 3. The summed E-state index contributed by atoms with van der Waals surface area (Å²) in [5.74, 6) is -0.255. The molecule has 0 atom stereocenters. The van der Waals surface area contributed by atoms with Crippen molar-refractivity contribution in [1.82, 2.24) is 25.5 Å². The molecule has 43 heavy (non-hydrogen) atoms. The molecule has 0 bridgehead atoms. The average molecular weight is 652 g/mol. The molecular formula is C29H36Cl2N6O5S. The van der Waals surface area contributed by atoms with Gasteiger partial charge in [-0.1, -0.05) is 24.3 Å². The lowest BCUT2D eigenvalue weighted by molar-refractivity contribution is 0.0207. The van der Waals surface area contributed by atoms with E-state index in [1.54, 1.807) is 41.4 Å². The monoisotopic (exact) mass is 650 g/mol. The number of rotatable bonds is 6. The maximum Gasteiger partial charge on any atom is 0.333 e. The third-order valence-electron chi connectivity index (χ3n) is 8.18. The van der Waals surface area contributed by atoms with Gasteiger partial charge in [0, 0.05) is 30.3 Å². The zero-order chi connectivity index (χ0) is 28.7. The molecule has 2 aliphatic heterocycles. The molecule has 1 aromatic heterocycles. The molecular weight excluding hydrogens is 615 g/mol. The number of nitrogens with one attached hydrogen (secondary N) is 3. The maximum absolute atomic E-state index is 13.7. The number of hydrazine groups is 1. The predicted molar refractivity (Wildman–Crippen MR) is 169 cm³/mol. The number of amides is 2. The molecule has 3 heterocycles. The van der Waals surface area contributed by atoms with Crippen LogP contribution in [0.25, 0.3) is 22.5 Å². The van der Waals surface area contributed by atoms with Gasteiger partial charge in [-0.3, -0.25) is 15.3 Å². The second-order valence-electron chi connectivity index (χ2n) is 10.9. The Kier molecular flexibility index (Phi) is 10.2. The van der Waals surface area contributed by atoms with Gasteiger partial charge in [-0.15, -0.1) is 24.8 Å². The number of sulfone groups is 1. The minimum absolute atomic E-state index is 0.